The van der Waals surface area contributed by atoms with E-state index >= 15 is 0 Å². The number of hydrogen-bond donors (Lipinski definition) is 0. The van der Waals surface area contributed by atoms with Crippen LogP contribution in [0.25, 0.3) is 11.2 Å². The highest BCUT2D eigenvalue weighted by atomic mass is 16.5. The molecule has 0 aromatic carbocycles. The van der Waals surface area contributed by atoms with Crippen LogP contribution in [-0.2, 0) is 30.2 Å². The number of nitriles is 1. The lowest BCUT2D eigenvalue weighted by Gasteiger charge is -2.07. The molecule has 2 aromatic heterocycles. The molecule has 0 saturated heterocycles. The van der Waals surface area contributed by atoms with Crippen molar-refractivity contribution in [1.29, 1.82) is 5.26 Å². The summed E-state index contributed by atoms with van der Waals surface area (Å²) in [7, 11) is 2.95. The van der Waals surface area contributed by atoms with E-state index in [4.69, 9.17) is 10.00 Å². The van der Waals surface area contributed by atoms with E-state index in [1.54, 1.807) is 11.6 Å². The van der Waals surface area contributed by atoms with Gasteiger partial charge in [-0.15, -0.1) is 0 Å². The van der Waals surface area contributed by atoms with Crippen molar-refractivity contribution in [2.24, 2.45) is 14.1 Å². The normalized spacial score (nSPS) is 12.1. The Labute approximate surface area is 131 Å². The molecule has 0 aliphatic heterocycles. The van der Waals surface area contributed by atoms with Gasteiger partial charge in [0.1, 0.15) is 6.07 Å². The summed E-state index contributed by atoms with van der Waals surface area (Å²) in [5.41, 5.74) is -0.254. The number of fused-ring (bicyclic) bond motifs is 1. The zero-order valence-electron chi connectivity index (χ0n) is 13.1. The third-order valence-electron chi connectivity index (χ3n) is 3.49. The van der Waals surface area contributed by atoms with E-state index in [2.05, 4.69) is 4.98 Å². The number of imidazole rings is 1. The van der Waals surface area contributed by atoms with Gasteiger partial charge in [-0.1, -0.05) is 0 Å². The summed E-state index contributed by atoms with van der Waals surface area (Å²) in [6.45, 7) is 1.87. The Kier molecular flexibility index (Phi) is 4.64. The van der Waals surface area contributed by atoms with E-state index in [-0.39, 0.29) is 6.42 Å². The standard InChI is InChI=1S/C14H17N5O4/c1-9(7-15)23-10(20)5-4-6-19-8-16-12-11(19)13(21)18(3)14(22)17(12)2/h8-9H,4-6H2,1-3H3/t9-/m0/s1. The average Bonchev–Trinajstić information content (AvgIpc) is 2.94. The molecule has 0 bridgehead atoms. The van der Waals surface area contributed by atoms with Gasteiger partial charge >= 0.3 is 11.7 Å². The van der Waals surface area contributed by atoms with Crippen LogP contribution in [0.4, 0.5) is 0 Å². The van der Waals surface area contributed by atoms with Crippen LogP contribution in [0, 0.1) is 11.3 Å². The Morgan fingerprint density at radius 3 is 2.74 bits per heavy atom. The monoisotopic (exact) mass is 319 g/mol. The van der Waals surface area contributed by atoms with E-state index in [1.165, 1.54) is 24.9 Å². The first-order chi connectivity index (χ1) is 10.9. The summed E-state index contributed by atoms with van der Waals surface area (Å²) >= 11 is 0. The molecule has 0 radical (unpaired) electrons. The lowest BCUT2D eigenvalue weighted by molar-refractivity contribution is -0.146. The fourth-order valence-corrected chi connectivity index (χ4v) is 2.24. The summed E-state index contributed by atoms with van der Waals surface area (Å²) in [6.07, 6.45) is 1.24. The molecule has 0 amide bonds. The topological polar surface area (TPSA) is 112 Å². The van der Waals surface area contributed by atoms with Crippen molar-refractivity contribution in [3.8, 4) is 6.07 Å². The molecule has 1 atom stereocenters. The highest BCUT2D eigenvalue weighted by Gasteiger charge is 2.14. The summed E-state index contributed by atoms with van der Waals surface area (Å²) in [5, 5.41) is 8.58. The van der Waals surface area contributed by atoms with Crippen molar-refractivity contribution in [3.05, 3.63) is 27.2 Å². The highest BCUT2D eigenvalue weighted by Crippen LogP contribution is 2.07. The van der Waals surface area contributed by atoms with Crippen LogP contribution in [0.2, 0.25) is 0 Å². The number of nitrogens with zero attached hydrogens (tertiary/aromatic N) is 5. The predicted molar refractivity (Wildman–Crippen MR) is 80.6 cm³/mol. The summed E-state index contributed by atoms with van der Waals surface area (Å²) in [4.78, 5) is 39.7. The van der Waals surface area contributed by atoms with Crippen LogP contribution in [0.15, 0.2) is 15.9 Å². The highest BCUT2D eigenvalue weighted by molar-refractivity contribution is 5.70. The van der Waals surface area contributed by atoms with E-state index in [0.717, 1.165) is 4.57 Å². The van der Waals surface area contributed by atoms with Gasteiger partial charge in [0, 0.05) is 27.1 Å². The smallest absolute Gasteiger partial charge is 0.332 e. The quantitative estimate of drug-likeness (QED) is 0.697. The van der Waals surface area contributed by atoms with Crippen molar-refractivity contribution in [2.45, 2.75) is 32.4 Å². The van der Waals surface area contributed by atoms with E-state index in [1.807, 2.05) is 6.07 Å². The van der Waals surface area contributed by atoms with Gasteiger partial charge in [-0.05, 0) is 13.3 Å². The zero-order valence-corrected chi connectivity index (χ0v) is 13.1. The molecule has 0 spiro atoms. The first-order valence-corrected chi connectivity index (χ1v) is 7.06. The number of ether oxygens (including phenoxy) is 1. The Morgan fingerprint density at radius 2 is 2.09 bits per heavy atom. The predicted octanol–water partition coefficient (Wildman–Crippen LogP) is -0.331. The minimum atomic E-state index is -0.779. The molecule has 0 aliphatic carbocycles. The van der Waals surface area contributed by atoms with Crippen molar-refractivity contribution in [2.75, 3.05) is 0 Å². The fourth-order valence-electron chi connectivity index (χ4n) is 2.24. The molecule has 0 unspecified atom stereocenters. The van der Waals surface area contributed by atoms with Crippen LogP contribution >= 0.6 is 0 Å². The molecule has 9 nitrogen and oxygen atoms in total. The van der Waals surface area contributed by atoms with Gasteiger partial charge in [0.05, 0.1) is 6.33 Å². The van der Waals surface area contributed by atoms with Crippen molar-refractivity contribution >= 4 is 17.1 Å². The molecule has 0 N–H and O–H groups in total. The van der Waals surface area contributed by atoms with Gasteiger partial charge in [0.25, 0.3) is 5.56 Å². The summed E-state index contributed by atoms with van der Waals surface area (Å²) in [6, 6.07) is 1.81. The summed E-state index contributed by atoms with van der Waals surface area (Å²) in [5.74, 6) is -0.469. The maximum atomic E-state index is 12.2. The number of carbonyl (C=O) groups is 1. The zero-order chi connectivity index (χ0) is 17.1. The maximum Gasteiger partial charge on any atom is 0.332 e. The molecule has 2 rings (SSSR count). The average molecular weight is 319 g/mol. The van der Waals surface area contributed by atoms with Gasteiger partial charge < -0.3 is 9.30 Å². The molecular weight excluding hydrogens is 302 g/mol. The fraction of sp³-hybridized carbons (Fsp3) is 0.500. The van der Waals surface area contributed by atoms with Crippen molar-refractivity contribution in [3.63, 3.8) is 0 Å². The minimum Gasteiger partial charge on any atom is -0.447 e. The SMILES string of the molecule is C[C@@H](C#N)OC(=O)CCCn1cnc2c1c(=O)n(C)c(=O)n2C. The second-order valence-electron chi connectivity index (χ2n) is 5.18. The number of esters is 1. The van der Waals surface area contributed by atoms with Gasteiger partial charge in [0.15, 0.2) is 17.3 Å². The van der Waals surface area contributed by atoms with Crippen molar-refractivity contribution < 1.29 is 9.53 Å². The molecule has 2 heterocycles. The number of carbonyl (C=O) groups excluding carboxylic acids is 1. The molecule has 2 aromatic rings. The Hall–Kier alpha value is -2.89. The molecule has 122 valence electrons. The van der Waals surface area contributed by atoms with Crippen LogP contribution < -0.4 is 11.2 Å². The number of hydrogen-bond acceptors (Lipinski definition) is 6. The second-order valence-corrected chi connectivity index (χ2v) is 5.18. The van der Waals surface area contributed by atoms with E-state index in [0.29, 0.717) is 24.1 Å². The third-order valence-corrected chi connectivity index (χ3v) is 3.49. The van der Waals surface area contributed by atoms with E-state index in [9.17, 15) is 14.4 Å². The molecular formula is C14H17N5O4. The van der Waals surface area contributed by atoms with Gasteiger partial charge in [-0.3, -0.25) is 18.7 Å². The lowest BCUT2D eigenvalue weighted by atomic mass is 10.3. The number of aromatic nitrogens is 4. The maximum absolute atomic E-state index is 12.2. The molecule has 0 aliphatic rings. The third kappa shape index (κ3) is 3.15. The number of rotatable bonds is 5. The molecule has 9 heteroatoms. The second kappa shape index (κ2) is 6.48. The minimum absolute atomic E-state index is 0.123. The van der Waals surface area contributed by atoms with Gasteiger partial charge in [0.2, 0.25) is 0 Å². The largest absolute Gasteiger partial charge is 0.447 e. The Balaban J connectivity index is 2.17. The molecule has 0 saturated carbocycles. The molecule has 23 heavy (non-hydrogen) atoms. The van der Waals surface area contributed by atoms with Crippen LogP contribution in [0.1, 0.15) is 19.8 Å². The van der Waals surface area contributed by atoms with Crippen LogP contribution in [0.5, 0.6) is 0 Å². The van der Waals surface area contributed by atoms with E-state index < -0.39 is 23.3 Å². The molecule has 0 fully saturated rings. The Morgan fingerprint density at radius 1 is 1.39 bits per heavy atom. The van der Waals surface area contributed by atoms with Crippen molar-refractivity contribution in [1.82, 2.24) is 18.7 Å². The number of aryl methyl sites for hydroxylation is 2. The van der Waals surface area contributed by atoms with Gasteiger partial charge in [-0.2, -0.15) is 5.26 Å². The van der Waals surface area contributed by atoms with Crippen LogP contribution in [0.3, 0.4) is 0 Å². The van der Waals surface area contributed by atoms with Crippen LogP contribution in [-0.4, -0.2) is 30.8 Å². The van der Waals surface area contributed by atoms with Gasteiger partial charge in [-0.25, -0.2) is 9.78 Å². The Bertz CT molecular complexity index is 899. The lowest BCUT2D eigenvalue weighted by Crippen LogP contribution is -2.37. The summed E-state index contributed by atoms with van der Waals surface area (Å²) < 4.78 is 8.78. The first kappa shape index (κ1) is 16.5. The first-order valence-electron chi connectivity index (χ1n) is 7.06.